The summed E-state index contributed by atoms with van der Waals surface area (Å²) in [7, 11) is -1.63. The van der Waals surface area contributed by atoms with Gasteiger partial charge in [0, 0.05) is 0 Å². The fourth-order valence-corrected chi connectivity index (χ4v) is 5.74. The zero-order valence-corrected chi connectivity index (χ0v) is 15.4. The molecule has 0 aliphatic heterocycles. The first kappa shape index (κ1) is 20.2. The van der Waals surface area contributed by atoms with E-state index in [9.17, 15) is 4.55 Å². The van der Waals surface area contributed by atoms with Crippen LogP contribution in [0.2, 0.25) is 0 Å². The van der Waals surface area contributed by atoms with Gasteiger partial charge in [0.05, 0.1) is 17.6 Å². The summed E-state index contributed by atoms with van der Waals surface area (Å²) in [5.41, 5.74) is 0. The van der Waals surface area contributed by atoms with Crippen molar-refractivity contribution in [2.75, 3.05) is 56.9 Å². The Hall–Kier alpha value is 0.190. The Balaban J connectivity index is 4.89. The number of hydrogen-bond acceptors (Lipinski definition) is 4. The van der Waals surface area contributed by atoms with E-state index in [4.69, 9.17) is 0 Å². The molecular formula is C15H37N3OS. The molecule has 0 rings (SSSR count). The third kappa shape index (κ3) is 7.27. The highest BCUT2D eigenvalue weighted by molar-refractivity contribution is 8.28. The van der Waals surface area contributed by atoms with Gasteiger partial charge in [-0.25, -0.2) is 0 Å². The highest BCUT2D eigenvalue weighted by atomic mass is 32.3. The number of nitrogens with zero attached hydrogens (tertiary/aromatic N) is 3. The van der Waals surface area contributed by atoms with E-state index in [0.717, 1.165) is 56.9 Å². The average molecular weight is 308 g/mol. The SMILES string of the molecule is CCN(CC)CS(O)(CN(CC)CC)CN(CC)CC. The van der Waals surface area contributed by atoms with Crippen molar-refractivity contribution in [1.82, 2.24) is 14.7 Å². The van der Waals surface area contributed by atoms with Crippen LogP contribution in [0.1, 0.15) is 41.5 Å². The van der Waals surface area contributed by atoms with Crippen LogP contribution < -0.4 is 0 Å². The second-order valence-corrected chi connectivity index (χ2v) is 8.07. The van der Waals surface area contributed by atoms with Crippen molar-refractivity contribution in [3.05, 3.63) is 0 Å². The van der Waals surface area contributed by atoms with Crippen LogP contribution in [0.25, 0.3) is 0 Å². The maximum atomic E-state index is 11.3. The quantitative estimate of drug-likeness (QED) is 0.600. The summed E-state index contributed by atoms with van der Waals surface area (Å²) < 4.78 is 11.3. The van der Waals surface area contributed by atoms with Crippen LogP contribution in [0.5, 0.6) is 0 Å². The number of hydrogen-bond donors (Lipinski definition) is 1. The molecule has 0 aromatic carbocycles. The van der Waals surface area contributed by atoms with Crippen LogP contribution in [0, 0.1) is 0 Å². The van der Waals surface area contributed by atoms with Gasteiger partial charge in [-0.2, -0.15) is 0 Å². The first-order chi connectivity index (χ1) is 9.48. The minimum absolute atomic E-state index is 0.840. The fourth-order valence-electron chi connectivity index (χ4n) is 2.36. The van der Waals surface area contributed by atoms with Crippen LogP contribution in [0.15, 0.2) is 0 Å². The van der Waals surface area contributed by atoms with E-state index in [1.807, 2.05) is 0 Å². The molecular weight excluding hydrogens is 270 g/mol. The van der Waals surface area contributed by atoms with E-state index in [2.05, 4.69) is 56.2 Å². The average Bonchev–Trinajstić information content (AvgIpc) is 2.48. The lowest BCUT2D eigenvalue weighted by atomic mass is 10.6. The van der Waals surface area contributed by atoms with Crippen LogP contribution in [-0.4, -0.2) is 76.2 Å². The standard InChI is InChI=1S/C15H37N3OS/c1-7-16(8-2)13-20(19,14-17(9-3)10-4)15-18(11-5)12-6/h19H,7-15H2,1-6H3. The van der Waals surface area contributed by atoms with Crippen molar-refractivity contribution in [3.63, 3.8) is 0 Å². The summed E-state index contributed by atoms with van der Waals surface area (Å²) in [4.78, 5) is 7.09. The molecule has 0 bridgehead atoms. The Labute approximate surface area is 128 Å². The summed E-state index contributed by atoms with van der Waals surface area (Å²) in [5, 5.41) is 0. The molecule has 0 saturated heterocycles. The molecule has 20 heavy (non-hydrogen) atoms. The first-order valence-corrected chi connectivity index (χ1v) is 10.2. The lowest BCUT2D eigenvalue weighted by Gasteiger charge is -2.43. The zero-order chi connectivity index (χ0) is 15.6. The Morgan fingerprint density at radius 1 is 0.550 bits per heavy atom. The van der Waals surface area contributed by atoms with Gasteiger partial charge in [0.25, 0.3) is 0 Å². The van der Waals surface area contributed by atoms with Crippen LogP contribution in [-0.2, 0) is 0 Å². The minimum atomic E-state index is -1.63. The van der Waals surface area contributed by atoms with E-state index in [1.54, 1.807) is 0 Å². The van der Waals surface area contributed by atoms with Crippen LogP contribution in [0.3, 0.4) is 0 Å². The topological polar surface area (TPSA) is 30.0 Å². The molecule has 5 heteroatoms. The van der Waals surface area contributed by atoms with Crippen molar-refractivity contribution in [2.45, 2.75) is 41.5 Å². The van der Waals surface area contributed by atoms with Gasteiger partial charge in [0.2, 0.25) is 0 Å². The van der Waals surface area contributed by atoms with Crippen LogP contribution in [0.4, 0.5) is 0 Å². The maximum Gasteiger partial charge on any atom is 0.0522 e. The van der Waals surface area contributed by atoms with Crippen molar-refractivity contribution < 1.29 is 4.55 Å². The van der Waals surface area contributed by atoms with Gasteiger partial charge in [-0.3, -0.25) is 14.7 Å². The lowest BCUT2D eigenvalue weighted by molar-refractivity contribution is 0.306. The van der Waals surface area contributed by atoms with E-state index in [-0.39, 0.29) is 0 Å². The molecule has 1 N–H and O–H groups in total. The third-order valence-corrected chi connectivity index (χ3v) is 6.49. The summed E-state index contributed by atoms with van der Waals surface area (Å²) in [6.07, 6.45) is 0. The fraction of sp³-hybridized carbons (Fsp3) is 1.00. The van der Waals surface area contributed by atoms with E-state index >= 15 is 0 Å². The summed E-state index contributed by atoms with van der Waals surface area (Å²) >= 11 is 0. The van der Waals surface area contributed by atoms with Gasteiger partial charge in [-0.1, -0.05) is 51.9 Å². The van der Waals surface area contributed by atoms with Crippen molar-refractivity contribution in [2.24, 2.45) is 0 Å². The Kier molecular flexibility index (Phi) is 11.0. The van der Waals surface area contributed by atoms with Gasteiger partial charge in [0.1, 0.15) is 0 Å². The number of rotatable bonds is 12. The molecule has 0 aliphatic rings. The predicted molar refractivity (Wildman–Crippen MR) is 93.6 cm³/mol. The summed E-state index contributed by atoms with van der Waals surface area (Å²) in [5.74, 6) is 2.52. The minimum Gasteiger partial charge on any atom is -0.348 e. The third-order valence-electron chi connectivity index (χ3n) is 3.95. The predicted octanol–water partition coefficient (Wildman–Crippen LogP) is 3.16. The first-order valence-electron chi connectivity index (χ1n) is 8.14. The smallest absolute Gasteiger partial charge is 0.0522 e. The second-order valence-electron chi connectivity index (χ2n) is 5.30. The molecule has 0 aromatic rings. The van der Waals surface area contributed by atoms with Crippen molar-refractivity contribution in [3.8, 4) is 0 Å². The molecule has 0 aliphatic carbocycles. The molecule has 0 fully saturated rings. The molecule has 0 unspecified atom stereocenters. The van der Waals surface area contributed by atoms with Gasteiger partial charge in [-0.05, 0) is 39.3 Å². The van der Waals surface area contributed by atoms with Crippen molar-refractivity contribution in [1.29, 1.82) is 0 Å². The van der Waals surface area contributed by atoms with E-state index < -0.39 is 10.3 Å². The molecule has 0 radical (unpaired) electrons. The van der Waals surface area contributed by atoms with Crippen molar-refractivity contribution >= 4 is 10.3 Å². The van der Waals surface area contributed by atoms with Gasteiger partial charge in [-0.15, -0.1) is 0 Å². The Bertz CT molecular complexity index is 193. The molecule has 124 valence electrons. The van der Waals surface area contributed by atoms with Crippen LogP contribution >= 0.6 is 10.3 Å². The van der Waals surface area contributed by atoms with Gasteiger partial charge >= 0.3 is 0 Å². The molecule has 4 nitrogen and oxygen atoms in total. The van der Waals surface area contributed by atoms with Gasteiger partial charge < -0.3 is 4.55 Å². The molecule has 0 atom stereocenters. The Morgan fingerprint density at radius 3 is 0.900 bits per heavy atom. The molecule has 0 saturated carbocycles. The molecule has 0 amide bonds. The lowest BCUT2D eigenvalue weighted by Crippen LogP contribution is -2.40. The molecule has 0 spiro atoms. The van der Waals surface area contributed by atoms with E-state index in [0.29, 0.717) is 0 Å². The Morgan fingerprint density at radius 2 is 0.750 bits per heavy atom. The highest BCUT2D eigenvalue weighted by Gasteiger charge is 2.27. The molecule has 0 aromatic heterocycles. The maximum absolute atomic E-state index is 11.3. The second kappa shape index (κ2) is 10.9. The summed E-state index contributed by atoms with van der Waals surface area (Å²) in [6, 6.07) is 0. The van der Waals surface area contributed by atoms with Gasteiger partial charge in [0.15, 0.2) is 0 Å². The monoisotopic (exact) mass is 307 g/mol. The van der Waals surface area contributed by atoms with E-state index in [1.165, 1.54) is 0 Å². The summed E-state index contributed by atoms with van der Waals surface area (Å²) in [6.45, 7) is 19.2. The highest BCUT2D eigenvalue weighted by Crippen LogP contribution is 2.45. The normalized spacial score (nSPS) is 13.7. The largest absolute Gasteiger partial charge is 0.348 e. The molecule has 0 heterocycles. The zero-order valence-electron chi connectivity index (χ0n) is 14.6.